The molecule has 2 aliphatic rings. The summed E-state index contributed by atoms with van der Waals surface area (Å²) >= 11 is 0. The Kier molecular flexibility index (Phi) is 3.11. The number of carboxylic acid groups (broad SMARTS) is 1. The molecular weight excluding hydrogens is 208 g/mol. The number of morpholine rings is 1. The number of nitriles is 1. The lowest BCUT2D eigenvalue weighted by Crippen LogP contribution is -2.39. The largest absolute Gasteiger partial charge is 0.480 e. The molecule has 2 heterocycles. The van der Waals surface area contributed by atoms with Crippen LogP contribution in [0.4, 0.5) is 0 Å². The molecule has 2 bridgehead atoms. The normalized spacial score (nSPS) is 30.3. The van der Waals surface area contributed by atoms with Crippen LogP contribution < -0.4 is 0 Å². The van der Waals surface area contributed by atoms with Gasteiger partial charge in [-0.05, 0) is 25.1 Å². The Balaban J connectivity index is 1.92. The van der Waals surface area contributed by atoms with Crippen LogP contribution in [0.15, 0.2) is 12.3 Å². The van der Waals surface area contributed by atoms with Gasteiger partial charge in [-0.15, -0.1) is 0 Å². The number of rotatable bonds is 3. The molecule has 2 saturated heterocycles. The second kappa shape index (κ2) is 4.54. The first-order valence-electron chi connectivity index (χ1n) is 5.39. The molecule has 0 amide bonds. The molecule has 0 aliphatic carbocycles. The van der Waals surface area contributed by atoms with Crippen molar-refractivity contribution in [2.75, 3.05) is 13.1 Å². The first kappa shape index (κ1) is 11.0. The summed E-state index contributed by atoms with van der Waals surface area (Å²) in [6.07, 6.45) is 5.86. The molecule has 86 valence electrons. The maximum absolute atomic E-state index is 10.6. The van der Waals surface area contributed by atoms with Crippen molar-refractivity contribution >= 4 is 5.97 Å². The molecule has 2 aliphatic heterocycles. The van der Waals surface area contributed by atoms with Crippen molar-refractivity contribution in [2.24, 2.45) is 5.92 Å². The minimum absolute atomic E-state index is 0.272. The Labute approximate surface area is 93.9 Å². The van der Waals surface area contributed by atoms with Crippen molar-refractivity contribution in [2.45, 2.75) is 25.0 Å². The summed E-state index contributed by atoms with van der Waals surface area (Å²) in [6.45, 7) is 1.59. The van der Waals surface area contributed by atoms with E-state index in [0.717, 1.165) is 25.9 Å². The van der Waals surface area contributed by atoms with Crippen LogP contribution >= 0.6 is 0 Å². The first-order valence-corrected chi connectivity index (χ1v) is 5.39. The Morgan fingerprint density at radius 3 is 2.62 bits per heavy atom. The van der Waals surface area contributed by atoms with Crippen LogP contribution in [0.2, 0.25) is 0 Å². The number of fused-ring (bicyclic) bond motifs is 2. The minimum Gasteiger partial charge on any atom is -0.480 e. The molecule has 16 heavy (non-hydrogen) atoms. The monoisotopic (exact) mass is 222 g/mol. The molecular formula is C11H14N2O3. The highest BCUT2D eigenvalue weighted by Crippen LogP contribution is 2.26. The number of aliphatic carboxylic acids is 1. The van der Waals surface area contributed by atoms with Crippen LogP contribution in [-0.2, 0) is 9.53 Å². The van der Waals surface area contributed by atoms with Crippen molar-refractivity contribution in [3.05, 3.63) is 12.3 Å². The highest BCUT2D eigenvalue weighted by Gasteiger charge is 2.32. The minimum atomic E-state index is -1.10. The van der Waals surface area contributed by atoms with Crippen molar-refractivity contribution < 1.29 is 14.6 Å². The van der Waals surface area contributed by atoms with E-state index in [2.05, 4.69) is 0 Å². The molecule has 1 N–H and O–H groups in total. The van der Waals surface area contributed by atoms with E-state index in [4.69, 9.17) is 15.1 Å². The van der Waals surface area contributed by atoms with Gasteiger partial charge in [0.05, 0.1) is 18.3 Å². The maximum atomic E-state index is 10.6. The number of ether oxygens (including phenoxy) is 1. The summed E-state index contributed by atoms with van der Waals surface area (Å²) in [4.78, 5) is 12.7. The average molecular weight is 222 g/mol. The van der Waals surface area contributed by atoms with Gasteiger partial charge in [0.25, 0.3) is 0 Å². The third-order valence-electron chi connectivity index (χ3n) is 2.97. The van der Waals surface area contributed by atoms with Crippen molar-refractivity contribution in [1.82, 2.24) is 4.90 Å². The molecule has 0 spiro atoms. The van der Waals surface area contributed by atoms with Crippen LogP contribution in [0, 0.1) is 17.2 Å². The van der Waals surface area contributed by atoms with E-state index in [1.54, 1.807) is 12.3 Å². The topological polar surface area (TPSA) is 73.6 Å². The predicted octanol–water partition coefficient (Wildman–Crippen LogP) is 0.588. The Morgan fingerprint density at radius 2 is 2.12 bits per heavy atom. The van der Waals surface area contributed by atoms with E-state index in [1.165, 1.54) is 6.08 Å². The van der Waals surface area contributed by atoms with Gasteiger partial charge in [0.1, 0.15) is 0 Å². The number of carbonyl (C=O) groups is 1. The van der Waals surface area contributed by atoms with E-state index in [9.17, 15) is 4.79 Å². The summed E-state index contributed by atoms with van der Waals surface area (Å²) in [5.74, 6) is -2.16. The second-order valence-electron chi connectivity index (χ2n) is 4.20. The highest BCUT2D eigenvalue weighted by atomic mass is 16.5. The zero-order valence-electron chi connectivity index (χ0n) is 8.87. The van der Waals surface area contributed by atoms with E-state index < -0.39 is 11.9 Å². The summed E-state index contributed by atoms with van der Waals surface area (Å²) in [5, 5.41) is 17.3. The highest BCUT2D eigenvalue weighted by molar-refractivity contribution is 5.75. The molecule has 2 fully saturated rings. The number of carboxylic acids is 1. The second-order valence-corrected chi connectivity index (χ2v) is 4.20. The van der Waals surface area contributed by atoms with Crippen molar-refractivity contribution in [1.29, 1.82) is 5.26 Å². The molecule has 5 heteroatoms. The fraction of sp³-hybridized carbons (Fsp3) is 0.636. The van der Waals surface area contributed by atoms with Crippen molar-refractivity contribution in [3.63, 3.8) is 0 Å². The first-order chi connectivity index (χ1) is 7.69. The zero-order valence-corrected chi connectivity index (χ0v) is 8.87. The van der Waals surface area contributed by atoms with Gasteiger partial charge in [0.2, 0.25) is 0 Å². The standard InChI is InChI=1S/C11H14N2O3/c12-5-8(11(14)15)3-4-13-6-9-1-2-10(7-13)16-9/h3-4,8-10H,1-2,6-7H2,(H,14,15). The zero-order chi connectivity index (χ0) is 11.5. The van der Waals surface area contributed by atoms with Gasteiger partial charge in [-0.3, -0.25) is 4.79 Å². The molecule has 3 atom stereocenters. The summed E-state index contributed by atoms with van der Waals surface area (Å²) in [7, 11) is 0. The molecule has 0 aromatic carbocycles. The molecule has 0 aromatic heterocycles. The number of likely N-dealkylation sites (tertiary alicyclic amines) is 1. The molecule has 3 unspecified atom stereocenters. The van der Waals surface area contributed by atoms with Crippen LogP contribution in [0.3, 0.4) is 0 Å². The van der Waals surface area contributed by atoms with Crippen molar-refractivity contribution in [3.8, 4) is 6.07 Å². The third-order valence-corrected chi connectivity index (χ3v) is 2.97. The molecule has 5 nitrogen and oxygen atoms in total. The smallest absolute Gasteiger partial charge is 0.324 e. The van der Waals surface area contributed by atoms with Crippen LogP contribution in [0.5, 0.6) is 0 Å². The van der Waals surface area contributed by atoms with Gasteiger partial charge in [-0.1, -0.05) is 0 Å². The average Bonchev–Trinajstić information content (AvgIpc) is 2.58. The molecule has 0 aromatic rings. The van der Waals surface area contributed by atoms with Gasteiger partial charge in [0, 0.05) is 13.1 Å². The van der Waals surface area contributed by atoms with Gasteiger partial charge in [-0.2, -0.15) is 5.26 Å². The van der Waals surface area contributed by atoms with Gasteiger partial charge >= 0.3 is 5.97 Å². The summed E-state index contributed by atoms with van der Waals surface area (Å²) in [5.41, 5.74) is 0. The fourth-order valence-electron chi connectivity index (χ4n) is 2.16. The lowest BCUT2D eigenvalue weighted by atomic mass is 10.2. The number of nitrogens with zero attached hydrogens (tertiary/aromatic N) is 2. The van der Waals surface area contributed by atoms with Crippen LogP contribution in [0.1, 0.15) is 12.8 Å². The molecule has 0 radical (unpaired) electrons. The lowest BCUT2D eigenvalue weighted by molar-refractivity contribution is -0.138. The van der Waals surface area contributed by atoms with Gasteiger partial charge in [-0.25, -0.2) is 0 Å². The SMILES string of the molecule is N#CC(C=CN1CC2CCC(C1)O2)C(=O)O. The summed E-state index contributed by atoms with van der Waals surface area (Å²) < 4.78 is 5.65. The van der Waals surface area contributed by atoms with E-state index >= 15 is 0 Å². The predicted molar refractivity (Wildman–Crippen MR) is 55.3 cm³/mol. The fourth-order valence-corrected chi connectivity index (χ4v) is 2.16. The van der Waals surface area contributed by atoms with Gasteiger partial charge < -0.3 is 14.7 Å². The third kappa shape index (κ3) is 2.34. The van der Waals surface area contributed by atoms with Gasteiger partial charge in [0.15, 0.2) is 5.92 Å². The van der Waals surface area contributed by atoms with E-state index in [0.29, 0.717) is 0 Å². The Morgan fingerprint density at radius 1 is 1.50 bits per heavy atom. The quantitative estimate of drug-likeness (QED) is 0.756. The van der Waals surface area contributed by atoms with Crippen LogP contribution in [-0.4, -0.2) is 41.3 Å². The van der Waals surface area contributed by atoms with Crippen LogP contribution in [0.25, 0.3) is 0 Å². The molecule has 2 rings (SSSR count). The van der Waals surface area contributed by atoms with E-state index in [1.807, 2.05) is 4.90 Å². The maximum Gasteiger partial charge on any atom is 0.324 e. The molecule has 0 saturated carbocycles. The summed E-state index contributed by atoms with van der Waals surface area (Å²) in [6, 6.07) is 1.73. The Hall–Kier alpha value is -1.54. The van der Waals surface area contributed by atoms with E-state index in [-0.39, 0.29) is 12.2 Å². The number of hydrogen-bond donors (Lipinski definition) is 1. The Bertz CT molecular complexity index is 336. The number of hydrogen-bond acceptors (Lipinski definition) is 4. The lowest BCUT2D eigenvalue weighted by Gasteiger charge is -2.31.